The van der Waals surface area contributed by atoms with E-state index >= 15 is 0 Å². The lowest BCUT2D eigenvalue weighted by molar-refractivity contribution is -0.142. The first-order chi connectivity index (χ1) is 7.24. The van der Waals surface area contributed by atoms with Crippen molar-refractivity contribution in [1.82, 2.24) is 5.09 Å². The highest BCUT2D eigenvalue weighted by Gasteiger charge is 2.11. The molecule has 1 N–H and O–H groups in total. The number of hydrogen-bond acceptors (Lipinski definition) is 4. The maximum Gasteiger partial charge on any atom is 0.322 e. The van der Waals surface area contributed by atoms with Crippen LogP contribution >= 0.6 is 8.96 Å². The highest BCUT2D eigenvalue weighted by molar-refractivity contribution is 7.30. The Bertz CT molecular complexity index is 305. The van der Waals surface area contributed by atoms with Gasteiger partial charge in [0.1, 0.15) is 20.7 Å². The second-order valence-electron chi connectivity index (χ2n) is 2.91. The van der Waals surface area contributed by atoms with E-state index in [1.807, 2.05) is 30.3 Å². The summed E-state index contributed by atoms with van der Waals surface area (Å²) >= 11 is 0. The van der Waals surface area contributed by atoms with Crippen LogP contribution in [0, 0.1) is 0 Å². The maximum atomic E-state index is 11.0. The zero-order chi connectivity index (χ0) is 11.1. The highest BCUT2D eigenvalue weighted by Crippen LogP contribution is 2.17. The van der Waals surface area contributed by atoms with Crippen molar-refractivity contribution in [2.24, 2.45) is 0 Å². The molecule has 0 aromatic heterocycles. The molecule has 1 rings (SSSR count). The Morgan fingerprint density at radius 2 is 2.07 bits per heavy atom. The molecule has 82 valence electrons. The van der Waals surface area contributed by atoms with E-state index in [-0.39, 0.29) is 21.0 Å². The van der Waals surface area contributed by atoms with Crippen LogP contribution in [0.5, 0.6) is 5.75 Å². The summed E-state index contributed by atoms with van der Waals surface area (Å²) in [6.07, 6.45) is 0. The van der Waals surface area contributed by atoms with Crippen molar-refractivity contribution >= 4 is 14.9 Å². The summed E-state index contributed by atoms with van der Waals surface area (Å²) in [5.74, 6) is 0.486. The molecule has 15 heavy (non-hydrogen) atoms. The number of methoxy groups -OCH3 is 1. The fourth-order valence-electron chi connectivity index (χ4n) is 0.901. The molecule has 0 spiro atoms. The van der Waals surface area contributed by atoms with Gasteiger partial charge in [0.2, 0.25) is 0 Å². The average Bonchev–Trinajstić information content (AvgIpc) is 2.29. The third kappa shape index (κ3) is 4.28. The van der Waals surface area contributed by atoms with Gasteiger partial charge in [0.25, 0.3) is 0 Å². The van der Waals surface area contributed by atoms with E-state index in [1.165, 1.54) is 7.11 Å². The van der Waals surface area contributed by atoms with Gasteiger partial charge in [-0.2, -0.15) is 0 Å². The van der Waals surface area contributed by atoms with Gasteiger partial charge in [0, 0.05) is 0 Å². The first-order valence-corrected chi connectivity index (χ1v) is 5.45. The molecule has 0 heterocycles. The summed E-state index contributed by atoms with van der Waals surface area (Å²) in [6, 6.07) is 9.07. The Balaban J connectivity index is 2.25. The maximum absolute atomic E-state index is 11.0. The van der Waals surface area contributed by atoms with Crippen LogP contribution in [-0.2, 0) is 9.53 Å². The quantitative estimate of drug-likeness (QED) is 0.614. The Morgan fingerprint density at radius 3 is 2.67 bits per heavy atom. The minimum absolute atomic E-state index is 0.0350. The van der Waals surface area contributed by atoms with Gasteiger partial charge >= 0.3 is 5.97 Å². The van der Waals surface area contributed by atoms with Gasteiger partial charge in [0.15, 0.2) is 0 Å². The van der Waals surface area contributed by atoms with Crippen molar-refractivity contribution in [2.75, 3.05) is 7.11 Å². The smallest absolute Gasteiger partial charge is 0.322 e. The van der Waals surface area contributed by atoms with Gasteiger partial charge in [-0.1, -0.05) is 18.2 Å². The van der Waals surface area contributed by atoms with E-state index in [0.717, 1.165) is 5.75 Å². The van der Waals surface area contributed by atoms with Gasteiger partial charge < -0.3 is 9.26 Å². The number of ether oxygens (including phenoxy) is 1. The number of esters is 1. The number of rotatable bonds is 5. The van der Waals surface area contributed by atoms with Crippen molar-refractivity contribution in [3.05, 3.63) is 30.3 Å². The molecule has 0 radical (unpaired) electrons. The summed E-state index contributed by atoms with van der Waals surface area (Å²) in [5.41, 5.74) is 0. The molecule has 0 aliphatic rings. The van der Waals surface area contributed by atoms with Crippen LogP contribution in [0.1, 0.15) is 6.92 Å². The molecule has 2 unspecified atom stereocenters. The number of nitrogens with one attached hydrogen (secondary N) is 1. The molecule has 0 saturated heterocycles. The van der Waals surface area contributed by atoms with E-state index < -0.39 is 0 Å². The van der Waals surface area contributed by atoms with Crippen molar-refractivity contribution in [3.63, 3.8) is 0 Å². The fourth-order valence-corrected chi connectivity index (χ4v) is 1.51. The molecule has 0 bridgehead atoms. The van der Waals surface area contributed by atoms with Gasteiger partial charge in [-0.25, -0.2) is 0 Å². The topological polar surface area (TPSA) is 47.6 Å². The van der Waals surface area contributed by atoms with E-state index in [1.54, 1.807) is 6.92 Å². The van der Waals surface area contributed by atoms with E-state index in [2.05, 4.69) is 9.82 Å². The van der Waals surface area contributed by atoms with Crippen molar-refractivity contribution in [1.29, 1.82) is 0 Å². The van der Waals surface area contributed by atoms with Crippen LogP contribution in [0.3, 0.4) is 0 Å². The van der Waals surface area contributed by atoms with E-state index in [4.69, 9.17) is 4.52 Å². The molecule has 1 aromatic carbocycles. The molecule has 0 aliphatic carbocycles. The number of hydrogen-bond donors (Lipinski definition) is 1. The summed E-state index contributed by atoms with van der Waals surface area (Å²) in [7, 11) is 1.40. The number of benzene rings is 1. The Morgan fingerprint density at radius 1 is 1.40 bits per heavy atom. The highest BCUT2D eigenvalue weighted by atomic mass is 31.1. The molecule has 0 saturated carbocycles. The van der Waals surface area contributed by atoms with Crippen LogP contribution in [0.25, 0.3) is 0 Å². The molecular formula is C10H14NO3P. The van der Waals surface area contributed by atoms with Crippen molar-refractivity contribution < 1.29 is 14.1 Å². The van der Waals surface area contributed by atoms with Gasteiger partial charge in [-0.3, -0.25) is 9.88 Å². The van der Waals surface area contributed by atoms with E-state index in [9.17, 15) is 4.79 Å². The van der Waals surface area contributed by atoms with Gasteiger partial charge in [-0.05, 0) is 19.1 Å². The Kier molecular flexibility index (Phi) is 5.08. The molecule has 0 amide bonds. The lowest BCUT2D eigenvalue weighted by atomic mass is 10.3. The zero-order valence-corrected chi connectivity index (χ0v) is 9.69. The summed E-state index contributed by atoms with van der Waals surface area (Å²) in [4.78, 5) is 11.0. The largest absolute Gasteiger partial charge is 0.468 e. The van der Waals surface area contributed by atoms with Crippen molar-refractivity contribution in [2.45, 2.75) is 13.0 Å². The lowest BCUT2D eigenvalue weighted by Gasteiger charge is -2.11. The SMILES string of the molecule is COC(=O)C(C)NPOc1ccccc1. The van der Waals surface area contributed by atoms with Crippen molar-refractivity contribution in [3.8, 4) is 5.75 Å². The molecule has 4 nitrogen and oxygen atoms in total. The summed E-state index contributed by atoms with van der Waals surface area (Å²) in [6.45, 7) is 1.73. The van der Waals surface area contributed by atoms with Gasteiger partial charge in [0.05, 0.1) is 7.11 Å². The standard InChI is InChI=1S/C10H14NO3P/c1-8(10(12)13-2)11-15-14-9-6-4-3-5-7-9/h3-8,11,15H,1-2H3. The predicted octanol–water partition coefficient (Wildman–Crippen LogP) is 1.72. The normalized spacial score (nSPS) is 12.7. The van der Waals surface area contributed by atoms with Crippen LogP contribution in [0.15, 0.2) is 30.3 Å². The monoisotopic (exact) mass is 227 g/mol. The molecule has 5 heteroatoms. The lowest BCUT2D eigenvalue weighted by Crippen LogP contribution is -2.29. The zero-order valence-electron chi connectivity index (χ0n) is 8.69. The van der Waals surface area contributed by atoms with Gasteiger partial charge in [-0.15, -0.1) is 0 Å². The summed E-state index contributed by atoms with van der Waals surface area (Å²) < 4.78 is 9.94. The minimum atomic E-state index is -0.350. The Labute approximate surface area is 90.9 Å². The van der Waals surface area contributed by atoms with E-state index in [0.29, 0.717) is 0 Å². The minimum Gasteiger partial charge on any atom is -0.468 e. The van der Waals surface area contributed by atoms with Crippen LogP contribution < -0.4 is 9.61 Å². The Hall–Kier alpha value is -1.12. The first-order valence-electron chi connectivity index (χ1n) is 4.54. The first kappa shape index (κ1) is 12.0. The van der Waals surface area contributed by atoms with Crippen LogP contribution in [-0.4, -0.2) is 19.1 Å². The number of carbonyl (C=O) groups is 1. The predicted molar refractivity (Wildman–Crippen MR) is 60.0 cm³/mol. The molecule has 1 aromatic rings. The number of para-hydroxylation sites is 1. The third-order valence-electron chi connectivity index (χ3n) is 1.74. The molecular weight excluding hydrogens is 213 g/mol. The van der Waals surface area contributed by atoms with Crippen LogP contribution in [0.4, 0.5) is 0 Å². The van der Waals surface area contributed by atoms with Crippen LogP contribution in [0.2, 0.25) is 0 Å². The second-order valence-corrected chi connectivity index (χ2v) is 3.60. The second kappa shape index (κ2) is 6.38. The molecule has 0 fully saturated rings. The fraction of sp³-hybridized carbons (Fsp3) is 0.300. The summed E-state index contributed by atoms with van der Waals surface area (Å²) in [5, 5.41) is 2.91. The molecule has 0 aliphatic heterocycles. The number of carbonyl (C=O) groups excluding carboxylic acids is 1. The third-order valence-corrected chi connectivity index (χ3v) is 2.63. The average molecular weight is 227 g/mol. The molecule has 2 atom stereocenters.